The molecule has 0 spiro atoms. The molecule has 8 heteroatoms. The normalized spacial score (nSPS) is 18.4. The fourth-order valence-electron chi connectivity index (χ4n) is 4.25. The molecule has 0 bridgehead atoms. The SMILES string of the molecule is CN(C)c1ccc(C2/C(=C(\O)c3ccncc3)C(=O)C(=O)N2Cc2ccc3c(c2)OCO3)cc1. The van der Waals surface area contributed by atoms with Crippen molar-refractivity contribution in [3.05, 3.63) is 89.3 Å². The second-order valence-corrected chi connectivity index (χ2v) is 8.34. The van der Waals surface area contributed by atoms with E-state index in [1.54, 1.807) is 24.3 Å². The number of fused-ring (bicyclic) bond motifs is 1. The van der Waals surface area contributed by atoms with Crippen molar-refractivity contribution in [2.75, 3.05) is 25.8 Å². The van der Waals surface area contributed by atoms with Crippen LogP contribution in [0.1, 0.15) is 22.7 Å². The number of carbonyl (C=O) groups is 2. The van der Waals surface area contributed by atoms with Crippen LogP contribution in [0.5, 0.6) is 11.5 Å². The number of benzene rings is 2. The van der Waals surface area contributed by atoms with E-state index in [1.807, 2.05) is 49.3 Å². The fraction of sp³-hybridized carbons (Fsp3) is 0.192. The van der Waals surface area contributed by atoms with Crippen LogP contribution in [-0.2, 0) is 16.1 Å². The lowest BCUT2D eigenvalue weighted by Crippen LogP contribution is -2.29. The monoisotopic (exact) mass is 457 g/mol. The lowest BCUT2D eigenvalue weighted by molar-refractivity contribution is -0.140. The van der Waals surface area contributed by atoms with Crippen molar-refractivity contribution in [1.82, 2.24) is 9.88 Å². The number of hydrogen-bond donors (Lipinski definition) is 1. The zero-order valence-electron chi connectivity index (χ0n) is 18.8. The van der Waals surface area contributed by atoms with Crippen molar-refractivity contribution >= 4 is 23.1 Å². The Labute approximate surface area is 196 Å². The molecular formula is C26H23N3O5. The Morgan fingerprint density at radius 2 is 1.74 bits per heavy atom. The summed E-state index contributed by atoms with van der Waals surface area (Å²) in [7, 11) is 3.87. The summed E-state index contributed by atoms with van der Waals surface area (Å²) in [4.78, 5) is 33.8. The second-order valence-electron chi connectivity index (χ2n) is 8.34. The lowest BCUT2D eigenvalue weighted by Gasteiger charge is -2.26. The van der Waals surface area contributed by atoms with E-state index >= 15 is 0 Å². The minimum absolute atomic E-state index is 0.0505. The number of nitrogens with zero attached hydrogens (tertiary/aromatic N) is 3. The van der Waals surface area contributed by atoms with E-state index in [-0.39, 0.29) is 24.7 Å². The van der Waals surface area contributed by atoms with Crippen LogP contribution in [0, 0.1) is 0 Å². The average molecular weight is 457 g/mol. The Balaban J connectivity index is 1.60. The molecule has 0 radical (unpaired) electrons. The van der Waals surface area contributed by atoms with Crippen LogP contribution in [0.4, 0.5) is 5.69 Å². The number of hydrogen-bond acceptors (Lipinski definition) is 7. The van der Waals surface area contributed by atoms with Gasteiger partial charge in [0, 0.05) is 44.3 Å². The summed E-state index contributed by atoms with van der Waals surface area (Å²) in [6, 6.07) is 15.5. The second kappa shape index (κ2) is 8.55. The van der Waals surface area contributed by atoms with Gasteiger partial charge in [-0.25, -0.2) is 0 Å². The Hall–Kier alpha value is -4.33. The number of carbonyl (C=O) groups excluding carboxylic acids is 2. The number of likely N-dealkylation sites (tertiary alicyclic amines) is 1. The highest BCUT2D eigenvalue weighted by molar-refractivity contribution is 6.46. The molecule has 1 aromatic heterocycles. The quantitative estimate of drug-likeness (QED) is 0.356. The van der Waals surface area contributed by atoms with E-state index < -0.39 is 17.7 Å². The lowest BCUT2D eigenvalue weighted by atomic mass is 9.95. The molecule has 1 unspecified atom stereocenters. The molecule has 3 heterocycles. The van der Waals surface area contributed by atoms with Gasteiger partial charge in [-0.3, -0.25) is 14.6 Å². The molecule has 2 aromatic carbocycles. The largest absolute Gasteiger partial charge is 0.507 e. The number of ketones is 1. The number of aliphatic hydroxyl groups is 1. The maximum absolute atomic E-state index is 13.2. The van der Waals surface area contributed by atoms with Crippen molar-refractivity contribution < 1.29 is 24.2 Å². The molecule has 2 aliphatic heterocycles. The van der Waals surface area contributed by atoms with E-state index in [1.165, 1.54) is 17.3 Å². The molecule has 1 N–H and O–H groups in total. The van der Waals surface area contributed by atoms with Gasteiger partial charge in [0.2, 0.25) is 6.79 Å². The van der Waals surface area contributed by atoms with Gasteiger partial charge in [0.25, 0.3) is 11.7 Å². The molecule has 1 atom stereocenters. The van der Waals surface area contributed by atoms with Gasteiger partial charge in [0.05, 0.1) is 11.6 Å². The smallest absolute Gasteiger partial charge is 0.295 e. The molecule has 5 rings (SSSR count). The number of rotatable bonds is 5. The van der Waals surface area contributed by atoms with Crippen LogP contribution >= 0.6 is 0 Å². The van der Waals surface area contributed by atoms with E-state index in [4.69, 9.17) is 9.47 Å². The zero-order chi connectivity index (χ0) is 23.8. The first-order valence-electron chi connectivity index (χ1n) is 10.8. The third-order valence-corrected chi connectivity index (χ3v) is 6.01. The third kappa shape index (κ3) is 3.73. The summed E-state index contributed by atoms with van der Waals surface area (Å²) in [6.07, 6.45) is 3.05. The van der Waals surface area contributed by atoms with Crippen LogP contribution in [0.15, 0.2) is 72.6 Å². The number of Topliss-reactive ketones (excluding diaryl/α,β-unsaturated/α-hetero) is 1. The number of ether oxygens (including phenoxy) is 2. The molecule has 172 valence electrons. The van der Waals surface area contributed by atoms with Crippen LogP contribution in [0.2, 0.25) is 0 Å². The van der Waals surface area contributed by atoms with Gasteiger partial charge in [-0.15, -0.1) is 0 Å². The van der Waals surface area contributed by atoms with Crippen LogP contribution in [-0.4, -0.2) is 47.6 Å². The van der Waals surface area contributed by atoms with Gasteiger partial charge in [0.15, 0.2) is 11.5 Å². The van der Waals surface area contributed by atoms with Gasteiger partial charge in [0.1, 0.15) is 5.76 Å². The summed E-state index contributed by atoms with van der Waals surface area (Å²) in [5.41, 5.74) is 2.96. The van der Waals surface area contributed by atoms with Gasteiger partial charge < -0.3 is 24.4 Å². The van der Waals surface area contributed by atoms with Crippen molar-refractivity contribution in [3.63, 3.8) is 0 Å². The van der Waals surface area contributed by atoms with Crippen LogP contribution < -0.4 is 14.4 Å². The van der Waals surface area contributed by atoms with Crippen molar-refractivity contribution in [1.29, 1.82) is 0 Å². The number of aromatic nitrogens is 1. The van der Waals surface area contributed by atoms with Crippen molar-refractivity contribution in [3.8, 4) is 11.5 Å². The highest BCUT2D eigenvalue weighted by atomic mass is 16.7. The van der Waals surface area contributed by atoms with Crippen molar-refractivity contribution in [2.45, 2.75) is 12.6 Å². The first-order chi connectivity index (χ1) is 16.4. The van der Waals surface area contributed by atoms with Gasteiger partial charge in [-0.05, 0) is 47.5 Å². The number of amides is 1. The standard InChI is InChI=1S/C26H23N3O5/c1-28(2)19-6-4-17(5-7-19)23-22(24(30)18-9-11-27-12-10-18)25(31)26(32)29(23)14-16-3-8-20-21(13-16)34-15-33-20/h3-13,23,30H,14-15H2,1-2H3/b24-22+. The minimum Gasteiger partial charge on any atom is -0.507 e. The number of anilines is 1. The third-order valence-electron chi connectivity index (χ3n) is 6.01. The first-order valence-corrected chi connectivity index (χ1v) is 10.8. The van der Waals surface area contributed by atoms with Gasteiger partial charge >= 0.3 is 0 Å². The van der Waals surface area contributed by atoms with Crippen LogP contribution in [0.3, 0.4) is 0 Å². The summed E-state index contributed by atoms with van der Waals surface area (Å²) in [5, 5.41) is 11.1. The van der Waals surface area contributed by atoms with Gasteiger partial charge in [-0.2, -0.15) is 0 Å². The molecule has 1 amide bonds. The molecule has 0 saturated carbocycles. The molecular weight excluding hydrogens is 434 g/mol. The van der Waals surface area contributed by atoms with Crippen LogP contribution in [0.25, 0.3) is 5.76 Å². The maximum Gasteiger partial charge on any atom is 0.295 e. The molecule has 8 nitrogen and oxygen atoms in total. The molecule has 34 heavy (non-hydrogen) atoms. The maximum atomic E-state index is 13.2. The van der Waals surface area contributed by atoms with Crippen molar-refractivity contribution in [2.24, 2.45) is 0 Å². The summed E-state index contributed by atoms with van der Waals surface area (Å²) < 4.78 is 10.8. The number of pyridine rings is 1. The number of aliphatic hydroxyl groups excluding tert-OH is 1. The topological polar surface area (TPSA) is 92.2 Å². The minimum atomic E-state index is -0.755. The highest BCUT2D eigenvalue weighted by Gasteiger charge is 2.46. The Morgan fingerprint density at radius 1 is 1.03 bits per heavy atom. The summed E-state index contributed by atoms with van der Waals surface area (Å²) in [5.74, 6) is -0.389. The molecule has 1 saturated heterocycles. The predicted octanol–water partition coefficient (Wildman–Crippen LogP) is 3.50. The van der Waals surface area contributed by atoms with E-state index in [0.717, 1.165) is 16.8 Å². The molecule has 0 aliphatic carbocycles. The zero-order valence-corrected chi connectivity index (χ0v) is 18.8. The Kier molecular flexibility index (Phi) is 5.41. The fourth-order valence-corrected chi connectivity index (χ4v) is 4.25. The van der Waals surface area contributed by atoms with Gasteiger partial charge in [-0.1, -0.05) is 18.2 Å². The summed E-state index contributed by atoms with van der Waals surface area (Å²) in [6.45, 7) is 0.307. The highest BCUT2D eigenvalue weighted by Crippen LogP contribution is 2.41. The first kappa shape index (κ1) is 21.5. The molecule has 3 aromatic rings. The van der Waals surface area contributed by atoms with E-state index in [2.05, 4.69) is 4.98 Å². The molecule has 2 aliphatic rings. The van der Waals surface area contributed by atoms with E-state index in [9.17, 15) is 14.7 Å². The Bertz CT molecular complexity index is 1290. The summed E-state index contributed by atoms with van der Waals surface area (Å²) >= 11 is 0. The predicted molar refractivity (Wildman–Crippen MR) is 125 cm³/mol. The van der Waals surface area contributed by atoms with E-state index in [0.29, 0.717) is 17.1 Å². The molecule has 1 fully saturated rings. The Morgan fingerprint density at radius 3 is 2.44 bits per heavy atom. The average Bonchev–Trinajstić information content (AvgIpc) is 3.42.